The first-order valence-corrected chi connectivity index (χ1v) is 9.75. The Morgan fingerprint density at radius 2 is 2.00 bits per heavy atom. The molecular formula is C18H21N3O2S. The third-order valence-corrected chi connectivity index (χ3v) is 5.47. The van der Waals surface area contributed by atoms with Gasteiger partial charge in [-0.1, -0.05) is 19.9 Å². The second kappa shape index (κ2) is 6.65. The van der Waals surface area contributed by atoms with Gasteiger partial charge in [0.2, 0.25) is 10.0 Å². The van der Waals surface area contributed by atoms with Gasteiger partial charge in [-0.05, 0) is 53.8 Å². The predicted molar refractivity (Wildman–Crippen MR) is 98.6 cm³/mol. The Morgan fingerprint density at radius 3 is 2.75 bits per heavy atom. The lowest BCUT2D eigenvalue weighted by molar-refractivity contribution is 0.600. The number of aromatic nitrogens is 2. The maximum absolute atomic E-state index is 12.0. The number of hydrogen-bond donors (Lipinski definition) is 2. The molecule has 2 N–H and O–H groups in total. The maximum atomic E-state index is 12.0. The molecular weight excluding hydrogens is 322 g/mol. The molecule has 2 heterocycles. The summed E-state index contributed by atoms with van der Waals surface area (Å²) in [7, 11) is -3.29. The van der Waals surface area contributed by atoms with Crippen molar-refractivity contribution in [1.82, 2.24) is 9.97 Å². The first-order chi connectivity index (χ1) is 11.5. The number of benzene rings is 1. The van der Waals surface area contributed by atoms with E-state index >= 15 is 0 Å². The molecule has 0 amide bonds. The summed E-state index contributed by atoms with van der Waals surface area (Å²) in [5.41, 5.74) is 4.62. The zero-order valence-electron chi connectivity index (χ0n) is 13.8. The summed E-state index contributed by atoms with van der Waals surface area (Å²) >= 11 is 0. The Bertz CT molecular complexity index is 961. The number of aryl methyl sites for hydroxylation is 1. The SMILES string of the molecule is CCCS(=O)(=O)Nc1ccc(-c2ccnc3[nH]ccc23)cc1CC. The molecule has 3 aromatic rings. The minimum Gasteiger partial charge on any atom is -0.346 e. The molecule has 126 valence electrons. The number of sulfonamides is 1. The van der Waals surface area contributed by atoms with E-state index in [0.29, 0.717) is 12.1 Å². The zero-order valence-corrected chi connectivity index (χ0v) is 14.7. The Kier molecular flexibility index (Phi) is 4.57. The zero-order chi connectivity index (χ0) is 17.2. The van der Waals surface area contributed by atoms with Crippen LogP contribution in [0.4, 0.5) is 5.69 Å². The van der Waals surface area contributed by atoms with Crippen LogP contribution in [0.25, 0.3) is 22.2 Å². The van der Waals surface area contributed by atoms with Crippen molar-refractivity contribution in [2.24, 2.45) is 0 Å². The topological polar surface area (TPSA) is 74.8 Å². The highest BCUT2D eigenvalue weighted by atomic mass is 32.2. The van der Waals surface area contributed by atoms with E-state index in [1.165, 1.54) is 0 Å². The van der Waals surface area contributed by atoms with Crippen molar-refractivity contribution in [3.63, 3.8) is 0 Å². The number of pyridine rings is 1. The first kappa shape index (κ1) is 16.5. The molecule has 0 radical (unpaired) electrons. The molecule has 0 fully saturated rings. The van der Waals surface area contributed by atoms with Gasteiger partial charge in [-0.15, -0.1) is 0 Å². The van der Waals surface area contributed by atoms with Crippen molar-refractivity contribution in [1.29, 1.82) is 0 Å². The molecule has 2 aromatic heterocycles. The molecule has 0 spiro atoms. The predicted octanol–water partition coefficient (Wildman–Crippen LogP) is 3.94. The molecule has 0 aliphatic carbocycles. The molecule has 0 atom stereocenters. The number of nitrogens with zero attached hydrogens (tertiary/aromatic N) is 1. The van der Waals surface area contributed by atoms with E-state index in [2.05, 4.69) is 14.7 Å². The summed E-state index contributed by atoms with van der Waals surface area (Å²) in [5, 5.41) is 1.05. The highest BCUT2D eigenvalue weighted by molar-refractivity contribution is 7.92. The van der Waals surface area contributed by atoms with Gasteiger partial charge in [0.25, 0.3) is 0 Å². The van der Waals surface area contributed by atoms with Crippen LogP contribution in [-0.4, -0.2) is 24.1 Å². The Labute approximate surface area is 142 Å². The number of aromatic amines is 1. The summed E-state index contributed by atoms with van der Waals surface area (Å²) in [4.78, 5) is 7.42. The fraction of sp³-hybridized carbons (Fsp3) is 0.278. The largest absolute Gasteiger partial charge is 0.346 e. The summed E-state index contributed by atoms with van der Waals surface area (Å²) < 4.78 is 26.8. The van der Waals surface area contributed by atoms with Gasteiger partial charge in [-0.25, -0.2) is 13.4 Å². The minimum atomic E-state index is -3.29. The van der Waals surface area contributed by atoms with E-state index < -0.39 is 10.0 Å². The molecule has 24 heavy (non-hydrogen) atoms. The van der Waals surface area contributed by atoms with Crippen LogP contribution < -0.4 is 4.72 Å². The second-order valence-electron chi connectivity index (χ2n) is 5.74. The summed E-state index contributed by atoms with van der Waals surface area (Å²) in [6.07, 6.45) is 4.99. The molecule has 6 heteroatoms. The first-order valence-electron chi connectivity index (χ1n) is 8.10. The lowest BCUT2D eigenvalue weighted by Gasteiger charge is -2.13. The Balaban J connectivity index is 2.02. The van der Waals surface area contributed by atoms with Gasteiger partial charge in [-0.3, -0.25) is 4.72 Å². The van der Waals surface area contributed by atoms with E-state index in [9.17, 15) is 8.42 Å². The average Bonchev–Trinajstić information content (AvgIpc) is 3.03. The van der Waals surface area contributed by atoms with Crippen molar-refractivity contribution in [2.45, 2.75) is 26.7 Å². The Hall–Kier alpha value is -2.34. The lowest BCUT2D eigenvalue weighted by atomic mass is 9.99. The Morgan fingerprint density at radius 1 is 1.17 bits per heavy atom. The van der Waals surface area contributed by atoms with E-state index in [-0.39, 0.29) is 5.75 Å². The summed E-state index contributed by atoms with van der Waals surface area (Å²) in [5.74, 6) is 0.131. The molecule has 0 bridgehead atoms. The van der Waals surface area contributed by atoms with Gasteiger partial charge in [0.05, 0.1) is 11.4 Å². The fourth-order valence-corrected chi connectivity index (χ4v) is 4.03. The molecule has 0 saturated heterocycles. The van der Waals surface area contributed by atoms with Gasteiger partial charge < -0.3 is 4.98 Å². The van der Waals surface area contributed by atoms with Gasteiger partial charge in [0.1, 0.15) is 5.65 Å². The van der Waals surface area contributed by atoms with Gasteiger partial charge in [0, 0.05) is 17.8 Å². The van der Waals surface area contributed by atoms with Gasteiger partial charge in [0.15, 0.2) is 0 Å². The molecule has 3 rings (SSSR count). The van der Waals surface area contributed by atoms with Crippen LogP contribution in [-0.2, 0) is 16.4 Å². The van der Waals surface area contributed by atoms with Gasteiger partial charge in [-0.2, -0.15) is 0 Å². The average molecular weight is 343 g/mol. The highest BCUT2D eigenvalue weighted by Gasteiger charge is 2.13. The maximum Gasteiger partial charge on any atom is 0.232 e. The fourth-order valence-electron chi connectivity index (χ4n) is 2.85. The highest BCUT2D eigenvalue weighted by Crippen LogP contribution is 2.30. The van der Waals surface area contributed by atoms with Crippen LogP contribution in [0.3, 0.4) is 0 Å². The van der Waals surface area contributed by atoms with Crippen LogP contribution in [0.15, 0.2) is 42.7 Å². The normalized spacial score (nSPS) is 11.8. The number of anilines is 1. The third kappa shape index (κ3) is 3.28. The molecule has 5 nitrogen and oxygen atoms in total. The number of H-pyrrole nitrogens is 1. The van der Waals surface area contributed by atoms with Crippen LogP contribution in [0.5, 0.6) is 0 Å². The van der Waals surface area contributed by atoms with Crippen molar-refractivity contribution < 1.29 is 8.42 Å². The molecule has 0 unspecified atom stereocenters. The van der Waals surface area contributed by atoms with Crippen LogP contribution in [0, 0.1) is 0 Å². The van der Waals surface area contributed by atoms with Crippen molar-refractivity contribution >= 4 is 26.7 Å². The van der Waals surface area contributed by atoms with Crippen molar-refractivity contribution in [3.05, 3.63) is 48.3 Å². The smallest absolute Gasteiger partial charge is 0.232 e. The minimum absolute atomic E-state index is 0.131. The molecule has 1 aromatic carbocycles. The monoisotopic (exact) mass is 343 g/mol. The second-order valence-corrected chi connectivity index (χ2v) is 7.59. The standard InChI is InChI=1S/C18H21N3O2S/c1-3-11-24(22,23)21-17-6-5-14(12-13(17)4-2)15-7-9-19-18-16(15)8-10-20-18/h5-10,12,21H,3-4,11H2,1-2H3,(H,19,20). The van der Waals surface area contributed by atoms with E-state index in [1.807, 2.05) is 50.4 Å². The van der Waals surface area contributed by atoms with E-state index in [4.69, 9.17) is 0 Å². The molecule has 0 saturated carbocycles. The summed E-state index contributed by atoms with van der Waals surface area (Å²) in [6, 6.07) is 9.82. The lowest BCUT2D eigenvalue weighted by Crippen LogP contribution is -2.17. The van der Waals surface area contributed by atoms with Crippen LogP contribution in [0.1, 0.15) is 25.8 Å². The summed E-state index contributed by atoms with van der Waals surface area (Å²) in [6.45, 7) is 3.88. The van der Waals surface area contributed by atoms with E-state index in [0.717, 1.165) is 34.1 Å². The van der Waals surface area contributed by atoms with Crippen molar-refractivity contribution in [3.8, 4) is 11.1 Å². The number of hydrogen-bond acceptors (Lipinski definition) is 3. The quantitative estimate of drug-likeness (QED) is 0.712. The van der Waals surface area contributed by atoms with Crippen LogP contribution >= 0.6 is 0 Å². The van der Waals surface area contributed by atoms with E-state index in [1.54, 1.807) is 6.20 Å². The third-order valence-electron chi connectivity index (χ3n) is 4.00. The van der Waals surface area contributed by atoms with Crippen molar-refractivity contribution in [2.75, 3.05) is 10.5 Å². The van der Waals surface area contributed by atoms with Gasteiger partial charge >= 0.3 is 0 Å². The number of nitrogens with one attached hydrogen (secondary N) is 2. The number of rotatable bonds is 6. The number of fused-ring (bicyclic) bond motifs is 1. The molecule has 0 aliphatic heterocycles. The van der Waals surface area contributed by atoms with Crippen LogP contribution in [0.2, 0.25) is 0 Å². The molecule has 0 aliphatic rings.